The van der Waals surface area contributed by atoms with Gasteiger partial charge in [-0.1, -0.05) is 44.2 Å². The minimum absolute atomic E-state index is 0.0768. The maximum absolute atomic E-state index is 13.3. The summed E-state index contributed by atoms with van der Waals surface area (Å²) in [4.78, 5) is 14.8. The van der Waals surface area contributed by atoms with Gasteiger partial charge in [-0.15, -0.1) is 0 Å². The molecule has 1 heterocycles. The molecule has 0 unspecified atom stereocenters. The van der Waals surface area contributed by atoms with E-state index in [9.17, 15) is 4.79 Å². The highest BCUT2D eigenvalue weighted by Gasteiger charge is 2.28. The molecule has 1 saturated heterocycles. The Morgan fingerprint density at radius 3 is 2.30 bits per heavy atom. The molecular weight excluding hydrogens is 334 g/mol. The van der Waals surface area contributed by atoms with Gasteiger partial charge in [-0.3, -0.25) is 4.79 Å². The minimum Gasteiger partial charge on any atom is -0.494 e. The van der Waals surface area contributed by atoms with Gasteiger partial charge in [0.2, 0.25) is 0 Å². The van der Waals surface area contributed by atoms with Gasteiger partial charge in [0, 0.05) is 18.4 Å². The Kier molecular flexibility index (Phi) is 7.05. The molecule has 0 saturated carbocycles. The van der Waals surface area contributed by atoms with Crippen molar-refractivity contribution in [3.05, 3.63) is 65.7 Å². The van der Waals surface area contributed by atoms with Gasteiger partial charge in [0.05, 0.1) is 32.2 Å². The highest BCUT2D eigenvalue weighted by molar-refractivity contribution is 6.01. The molecule has 1 fully saturated rings. The highest BCUT2D eigenvalue weighted by atomic mass is 16.5. The normalized spacial score (nSPS) is 15.8. The second-order valence-corrected chi connectivity index (χ2v) is 8.04. The number of benzene rings is 2. The summed E-state index contributed by atoms with van der Waals surface area (Å²) in [5, 5.41) is 0. The number of carbonyl (C=O) groups is 1. The number of hydrogen-bond donors (Lipinski definition) is 1. The SMILES string of the molecule is CC(C)CCOc1ccc(C(=O)[C@@H](C[NH+]2CCCC2)c2ccccc2)cc1. The molecule has 0 bridgehead atoms. The number of nitrogens with one attached hydrogen (secondary N) is 1. The predicted octanol–water partition coefficient (Wildman–Crippen LogP) is 3.76. The first-order chi connectivity index (χ1) is 13.1. The van der Waals surface area contributed by atoms with Crippen LogP contribution in [0.25, 0.3) is 0 Å². The first-order valence-electron chi connectivity index (χ1n) is 10.3. The smallest absolute Gasteiger partial charge is 0.175 e. The first kappa shape index (κ1) is 19.6. The van der Waals surface area contributed by atoms with Crippen LogP contribution in [0.3, 0.4) is 0 Å². The van der Waals surface area contributed by atoms with Gasteiger partial charge < -0.3 is 9.64 Å². The number of Topliss-reactive ketones (excluding diaryl/α,β-unsaturated/α-hetero) is 1. The largest absolute Gasteiger partial charge is 0.494 e. The Labute approximate surface area is 163 Å². The Hall–Kier alpha value is -2.13. The molecule has 0 aromatic heterocycles. The summed E-state index contributed by atoms with van der Waals surface area (Å²) >= 11 is 0. The zero-order valence-corrected chi connectivity index (χ0v) is 16.6. The van der Waals surface area contributed by atoms with E-state index in [0.717, 1.165) is 36.4 Å². The summed E-state index contributed by atoms with van der Waals surface area (Å²) in [6.07, 6.45) is 3.58. The Bertz CT molecular complexity index is 703. The molecule has 1 aliphatic heterocycles. The summed E-state index contributed by atoms with van der Waals surface area (Å²) in [6, 6.07) is 17.9. The van der Waals surface area contributed by atoms with Crippen LogP contribution in [-0.4, -0.2) is 32.0 Å². The number of carbonyl (C=O) groups excluding carboxylic acids is 1. The number of quaternary nitrogens is 1. The van der Waals surface area contributed by atoms with Crippen LogP contribution in [0, 0.1) is 5.92 Å². The fraction of sp³-hybridized carbons (Fsp3) is 0.458. The molecule has 0 radical (unpaired) electrons. The third kappa shape index (κ3) is 5.67. The van der Waals surface area contributed by atoms with Crippen molar-refractivity contribution in [1.29, 1.82) is 0 Å². The van der Waals surface area contributed by atoms with Gasteiger partial charge in [0.1, 0.15) is 5.75 Å². The molecule has 2 aromatic rings. The van der Waals surface area contributed by atoms with Crippen LogP contribution in [0.4, 0.5) is 0 Å². The van der Waals surface area contributed by atoms with Crippen molar-refractivity contribution < 1.29 is 14.4 Å². The number of hydrogen-bond acceptors (Lipinski definition) is 2. The molecule has 144 valence electrons. The lowest BCUT2D eigenvalue weighted by Crippen LogP contribution is -3.10. The van der Waals surface area contributed by atoms with Gasteiger partial charge in [-0.05, 0) is 42.2 Å². The van der Waals surface area contributed by atoms with E-state index < -0.39 is 0 Å². The molecule has 1 aliphatic rings. The lowest BCUT2D eigenvalue weighted by Gasteiger charge is -2.21. The van der Waals surface area contributed by atoms with Crippen LogP contribution in [0.1, 0.15) is 54.9 Å². The molecule has 0 aliphatic carbocycles. The Balaban J connectivity index is 1.71. The second kappa shape index (κ2) is 9.70. The van der Waals surface area contributed by atoms with Crippen molar-refractivity contribution in [2.45, 2.75) is 39.0 Å². The fourth-order valence-electron chi connectivity index (χ4n) is 3.74. The average Bonchev–Trinajstić information content (AvgIpc) is 3.20. The Morgan fingerprint density at radius 1 is 1.00 bits per heavy atom. The van der Waals surface area contributed by atoms with Gasteiger partial charge in [-0.2, -0.15) is 0 Å². The van der Waals surface area contributed by atoms with E-state index in [0.29, 0.717) is 5.92 Å². The minimum atomic E-state index is -0.0768. The topological polar surface area (TPSA) is 30.7 Å². The molecule has 0 spiro atoms. The fourth-order valence-corrected chi connectivity index (χ4v) is 3.74. The van der Waals surface area contributed by atoms with E-state index in [1.807, 2.05) is 42.5 Å². The summed E-state index contributed by atoms with van der Waals surface area (Å²) in [6.45, 7) is 8.35. The van der Waals surface area contributed by atoms with E-state index in [1.165, 1.54) is 25.9 Å². The van der Waals surface area contributed by atoms with E-state index in [1.54, 1.807) is 4.90 Å². The van der Waals surface area contributed by atoms with Crippen LogP contribution in [0.2, 0.25) is 0 Å². The lowest BCUT2D eigenvalue weighted by molar-refractivity contribution is -0.887. The quantitative estimate of drug-likeness (QED) is 0.685. The average molecular weight is 367 g/mol. The molecule has 27 heavy (non-hydrogen) atoms. The molecule has 3 heteroatoms. The molecule has 1 atom stereocenters. The summed E-state index contributed by atoms with van der Waals surface area (Å²) < 4.78 is 5.79. The molecule has 1 N–H and O–H groups in total. The van der Waals surface area contributed by atoms with Crippen molar-refractivity contribution in [1.82, 2.24) is 0 Å². The van der Waals surface area contributed by atoms with Crippen LogP contribution in [0.15, 0.2) is 54.6 Å². The summed E-state index contributed by atoms with van der Waals surface area (Å²) in [5.41, 5.74) is 1.90. The zero-order chi connectivity index (χ0) is 19.1. The molecule has 0 amide bonds. The number of ketones is 1. The number of ether oxygens (including phenoxy) is 1. The van der Waals surface area contributed by atoms with E-state index in [2.05, 4.69) is 26.0 Å². The Morgan fingerprint density at radius 2 is 1.67 bits per heavy atom. The van der Waals surface area contributed by atoms with Crippen molar-refractivity contribution in [3.63, 3.8) is 0 Å². The van der Waals surface area contributed by atoms with Crippen molar-refractivity contribution in [3.8, 4) is 5.75 Å². The zero-order valence-electron chi connectivity index (χ0n) is 16.6. The van der Waals surface area contributed by atoms with Gasteiger partial charge in [-0.25, -0.2) is 0 Å². The van der Waals surface area contributed by atoms with Gasteiger partial charge in [0.15, 0.2) is 5.78 Å². The lowest BCUT2D eigenvalue weighted by atomic mass is 9.90. The monoisotopic (exact) mass is 366 g/mol. The van der Waals surface area contributed by atoms with Crippen molar-refractivity contribution >= 4 is 5.78 Å². The van der Waals surface area contributed by atoms with Crippen LogP contribution < -0.4 is 9.64 Å². The van der Waals surface area contributed by atoms with Crippen LogP contribution >= 0.6 is 0 Å². The molecule has 3 nitrogen and oxygen atoms in total. The number of rotatable bonds is 9. The summed E-state index contributed by atoms with van der Waals surface area (Å²) in [5.74, 6) is 1.61. The molecule has 2 aromatic carbocycles. The van der Waals surface area contributed by atoms with E-state index in [-0.39, 0.29) is 11.7 Å². The molecular formula is C24H32NO2+. The van der Waals surface area contributed by atoms with Crippen LogP contribution in [-0.2, 0) is 0 Å². The highest BCUT2D eigenvalue weighted by Crippen LogP contribution is 2.22. The van der Waals surface area contributed by atoms with E-state index in [4.69, 9.17) is 4.74 Å². The third-order valence-corrected chi connectivity index (χ3v) is 5.42. The third-order valence-electron chi connectivity index (χ3n) is 5.42. The second-order valence-electron chi connectivity index (χ2n) is 8.04. The predicted molar refractivity (Wildman–Crippen MR) is 110 cm³/mol. The standard InChI is InChI=1S/C24H31NO2/c1-19(2)14-17-27-22-12-10-21(11-13-22)24(26)23(18-25-15-6-7-16-25)20-8-4-3-5-9-20/h3-5,8-13,19,23H,6-7,14-18H2,1-2H3/p+1/t23-/m0/s1. The van der Waals surface area contributed by atoms with Crippen molar-refractivity contribution in [2.24, 2.45) is 5.92 Å². The van der Waals surface area contributed by atoms with Crippen molar-refractivity contribution in [2.75, 3.05) is 26.2 Å². The van der Waals surface area contributed by atoms with Gasteiger partial charge >= 0.3 is 0 Å². The maximum atomic E-state index is 13.3. The summed E-state index contributed by atoms with van der Waals surface area (Å²) in [7, 11) is 0. The van der Waals surface area contributed by atoms with Crippen LogP contribution in [0.5, 0.6) is 5.75 Å². The van der Waals surface area contributed by atoms with Gasteiger partial charge in [0.25, 0.3) is 0 Å². The first-order valence-corrected chi connectivity index (χ1v) is 10.3. The van der Waals surface area contributed by atoms with E-state index >= 15 is 0 Å². The number of likely N-dealkylation sites (tertiary alicyclic amines) is 1. The maximum Gasteiger partial charge on any atom is 0.175 e. The molecule has 3 rings (SSSR count).